The van der Waals surface area contributed by atoms with E-state index in [2.05, 4.69) is 0 Å². The molecule has 0 aromatic heterocycles. The summed E-state index contributed by atoms with van der Waals surface area (Å²) in [7, 11) is 0. The van der Waals surface area contributed by atoms with Crippen molar-refractivity contribution in [3.8, 4) is 0 Å². The highest BCUT2D eigenvalue weighted by Crippen LogP contribution is 2.33. The number of carboxylic acids is 1. The van der Waals surface area contributed by atoms with Gasteiger partial charge in [0, 0.05) is 0 Å². The van der Waals surface area contributed by atoms with Crippen molar-refractivity contribution in [2.24, 2.45) is 17.6 Å². The third-order valence-corrected chi connectivity index (χ3v) is 2.04. The van der Waals surface area contributed by atoms with E-state index in [4.69, 9.17) is 10.8 Å². The minimum atomic E-state index is -0.684. The largest absolute Gasteiger partial charge is 0.481 e. The molecule has 60 valence electrons. The van der Waals surface area contributed by atoms with Gasteiger partial charge in [0.15, 0.2) is 0 Å². The Morgan fingerprint density at radius 2 is 2.20 bits per heavy atom. The topological polar surface area (TPSA) is 63.3 Å². The lowest BCUT2D eigenvalue weighted by Crippen LogP contribution is -2.37. The molecule has 0 aliphatic heterocycles. The molecule has 1 saturated carbocycles. The van der Waals surface area contributed by atoms with Gasteiger partial charge in [-0.15, -0.1) is 12.4 Å². The molecule has 10 heavy (non-hydrogen) atoms. The van der Waals surface area contributed by atoms with E-state index in [9.17, 15) is 4.79 Å². The molecule has 0 bridgehead atoms. The molecule has 0 unspecified atom stereocenters. The summed E-state index contributed by atoms with van der Waals surface area (Å²) in [6.07, 6.45) is 1.81. The Labute approximate surface area is 66.0 Å². The van der Waals surface area contributed by atoms with Gasteiger partial charge in [0.25, 0.3) is 0 Å². The first-order chi connectivity index (χ1) is 4.25. The second-order valence-electron chi connectivity index (χ2n) is 2.52. The van der Waals surface area contributed by atoms with Gasteiger partial charge in [-0.3, -0.25) is 4.79 Å². The molecule has 0 aromatic rings. The van der Waals surface area contributed by atoms with Crippen LogP contribution in [0.4, 0.5) is 0 Å². The second kappa shape index (κ2) is 3.78. The first-order valence-corrected chi connectivity index (χ1v) is 3.18. The van der Waals surface area contributed by atoms with Crippen molar-refractivity contribution in [3.05, 3.63) is 0 Å². The Balaban J connectivity index is 0.000000810. The van der Waals surface area contributed by atoms with Crippen LogP contribution in [-0.2, 0) is 4.79 Å². The van der Waals surface area contributed by atoms with E-state index in [1.54, 1.807) is 0 Å². The molecule has 1 fully saturated rings. The molecular weight excluding hydrogens is 154 g/mol. The molecule has 0 aromatic carbocycles. The number of hydrogen-bond acceptors (Lipinski definition) is 2. The summed E-state index contributed by atoms with van der Waals surface area (Å²) in [6.45, 7) is 0.525. The predicted octanol–water partition coefficient (Wildman–Crippen LogP) is 0.478. The SMILES string of the molecule is Cl.NC[C@@H]1CC[C@H]1C(=O)O. The van der Waals surface area contributed by atoms with Gasteiger partial charge in [-0.2, -0.15) is 0 Å². The summed E-state index contributed by atoms with van der Waals surface area (Å²) in [5.41, 5.74) is 5.30. The van der Waals surface area contributed by atoms with E-state index in [0.29, 0.717) is 6.54 Å². The summed E-state index contributed by atoms with van der Waals surface area (Å²) in [5, 5.41) is 8.48. The van der Waals surface area contributed by atoms with Crippen LogP contribution < -0.4 is 5.73 Å². The standard InChI is InChI=1S/C6H11NO2.ClH/c7-3-4-1-2-5(4)6(8)9;/h4-5H,1-3,7H2,(H,8,9);1H/t4-,5+;/m0./s1. The smallest absolute Gasteiger partial charge is 0.306 e. The summed E-state index contributed by atoms with van der Waals surface area (Å²) < 4.78 is 0. The molecule has 0 radical (unpaired) electrons. The number of carbonyl (C=O) groups is 1. The van der Waals surface area contributed by atoms with E-state index in [0.717, 1.165) is 12.8 Å². The number of rotatable bonds is 2. The Kier molecular flexibility index (Phi) is 3.68. The molecular formula is C6H12ClNO2. The Morgan fingerprint density at radius 1 is 1.60 bits per heavy atom. The molecule has 1 aliphatic carbocycles. The number of hydrogen-bond donors (Lipinski definition) is 2. The molecule has 0 spiro atoms. The van der Waals surface area contributed by atoms with Crippen molar-refractivity contribution < 1.29 is 9.90 Å². The van der Waals surface area contributed by atoms with Crippen LogP contribution in [0, 0.1) is 11.8 Å². The minimum absolute atomic E-state index is 0. The molecule has 4 heteroatoms. The molecule has 3 nitrogen and oxygen atoms in total. The maximum absolute atomic E-state index is 10.3. The Morgan fingerprint density at radius 3 is 2.30 bits per heavy atom. The van der Waals surface area contributed by atoms with Gasteiger partial charge in [0.2, 0.25) is 0 Å². The van der Waals surface area contributed by atoms with E-state index in [1.165, 1.54) is 0 Å². The minimum Gasteiger partial charge on any atom is -0.481 e. The quantitative estimate of drug-likeness (QED) is 0.626. The van der Waals surface area contributed by atoms with Gasteiger partial charge in [-0.05, 0) is 25.3 Å². The fourth-order valence-corrected chi connectivity index (χ4v) is 1.18. The summed E-state index contributed by atoms with van der Waals surface area (Å²) in [6, 6.07) is 0. The fourth-order valence-electron chi connectivity index (χ4n) is 1.18. The molecule has 0 heterocycles. The highest BCUT2D eigenvalue weighted by Gasteiger charge is 2.34. The zero-order valence-corrected chi connectivity index (χ0v) is 6.43. The van der Waals surface area contributed by atoms with Crippen LogP contribution in [-0.4, -0.2) is 17.6 Å². The lowest BCUT2D eigenvalue weighted by atomic mass is 9.74. The molecule has 0 amide bonds. The molecule has 1 rings (SSSR count). The first-order valence-electron chi connectivity index (χ1n) is 3.18. The van der Waals surface area contributed by atoms with Crippen LogP contribution in [0.15, 0.2) is 0 Å². The zero-order chi connectivity index (χ0) is 6.85. The third-order valence-electron chi connectivity index (χ3n) is 2.04. The highest BCUT2D eigenvalue weighted by molar-refractivity contribution is 5.85. The second-order valence-corrected chi connectivity index (χ2v) is 2.52. The van der Waals surface area contributed by atoms with Gasteiger partial charge < -0.3 is 10.8 Å². The lowest BCUT2D eigenvalue weighted by molar-refractivity contribution is -0.147. The maximum Gasteiger partial charge on any atom is 0.306 e. The molecule has 2 atom stereocenters. The monoisotopic (exact) mass is 165 g/mol. The summed E-state index contributed by atoms with van der Waals surface area (Å²) in [4.78, 5) is 10.3. The van der Waals surface area contributed by atoms with Crippen LogP contribution in [0.5, 0.6) is 0 Å². The summed E-state index contributed by atoms with van der Waals surface area (Å²) >= 11 is 0. The van der Waals surface area contributed by atoms with Crippen molar-refractivity contribution >= 4 is 18.4 Å². The van der Waals surface area contributed by atoms with Gasteiger partial charge in [-0.1, -0.05) is 0 Å². The Bertz CT molecular complexity index is 127. The van der Waals surface area contributed by atoms with Gasteiger partial charge in [-0.25, -0.2) is 0 Å². The van der Waals surface area contributed by atoms with Gasteiger partial charge >= 0.3 is 5.97 Å². The fraction of sp³-hybridized carbons (Fsp3) is 0.833. The van der Waals surface area contributed by atoms with Crippen LogP contribution in [0.25, 0.3) is 0 Å². The van der Waals surface area contributed by atoms with Crippen LogP contribution in [0.3, 0.4) is 0 Å². The first kappa shape index (κ1) is 9.72. The maximum atomic E-state index is 10.3. The van der Waals surface area contributed by atoms with Crippen LogP contribution >= 0.6 is 12.4 Å². The highest BCUT2D eigenvalue weighted by atomic mass is 35.5. The average Bonchev–Trinajstić information content (AvgIpc) is 1.61. The van der Waals surface area contributed by atoms with E-state index in [-0.39, 0.29) is 24.2 Å². The van der Waals surface area contributed by atoms with Gasteiger partial charge in [0.05, 0.1) is 5.92 Å². The van der Waals surface area contributed by atoms with Crippen LogP contribution in [0.1, 0.15) is 12.8 Å². The Hall–Kier alpha value is -0.280. The van der Waals surface area contributed by atoms with E-state index in [1.807, 2.05) is 0 Å². The third kappa shape index (κ3) is 1.61. The van der Waals surface area contributed by atoms with E-state index < -0.39 is 5.97 Å². The van der Waals surface area contributed by atoms with Crippen molar-refractivity contribution in [1.29, 1.82) is 0 Å². The van der Waals surface area contributed by atoms with Crippen LogP contribution in [0.2, 0.25) is 0 Å². The van der Waals surface area contributed by atoms with Gasteiger partial charge in [0.1, 0.15) is 0 Å². The molecule has 1 aliphatic rings. The van der Waals surface area contributed by atoms with Crippen molar-refractivity contribution in [3.63, 3.8) is 0 Å². The zero-order valence-electron chi connectivity index (χ0n) is 5.62. The number of carboxylic acid groups (broad SMARTS) is 1. The number of nitrogens with two attached hydrogens (primary N) is 1. The normalized spacial score (nSPS) is 30.1. The van der Waals surface area contributed by atoms with Crippen molar-refractivity contribution in [1.82, 2.24) is 0 Å². The van der Waals surface area contributed by atoms with Crippen molar-refractivity contribution in [2.75, 3.05) is 6.54 Å². The van der Waals surface area contributed by atoms with E-state index >= 15 is 0 Å². The number of halogens is 1. The summed E-state index contributed by atoms with van der Waals surface area (Å²) in [5.74, 6) is -0.575. The molecule has 3 N–H and O–H groups in total. The average molecular weight is 166 g/mol. The van der Waals surface area contributed by atoms with Crippen molar-refractivity contribution in [2.45, 2.75) is 12.8 Å². The number of aliphatic carboxylic acids is 1. The lowest BCUT2D eigenvalue weighted by Gasteiger charge is -2.31. The molecule has 0 saturated heterocycles. The predicted molar refractivity (Wildman–Crippen MR) is 40.2 cm³/mol.